The third kappa shape index (κ3) is 5.73. The Morgan fingerprint density at radius 2 is 1.07 bits per heavy atom. The van der Waals surface area contributed by atoms with Crippen molar-refractivity contribution < 1.29 is 0 Å². The fourth-order valence-corrected chi connectivity index (χ4v) is 6.64. The summed E-state index contributed by atoms with van der Waals surface area (Å²) in [6.07, 6.45) is 9.94. The van der Waals surface area contributed by atoms with Crippen LogP contribution in [0.1, 0.15) is 87.3 Å². The van der Waals surface area contributed by atoms with Crippen molar-refractivity contribution in [2.24, 2.45) is 0 Å². The average Bonchev–Trinajstić information content (AvgIpc) is 3.55. The topological polar surface area (TPSA) is 0 Å². The molecular weight excluding hydrogens is 504 g/mol. The summed E-state index contributed by atoms with van der Waals surface area (Å²) in [5.74, 6) is 0.355. The van der Waals surface area contributed by atoms with Crippen LogP contribution in [0.4, 0.5) is 0 Å². The molecule has 42 heavy (non-hydrogen) atoms. The van der Waals surface area contributed by atoms with Gasteiger partial charge in [0.05, 0.1) is 0 Å². The smallest absolute Gasteiger partial charge is 0.0142 e. The molecule has 0 N–H and O–H groups in total. The zero-order valence-electron chi connectivity index (χ0n) is 26.2. The van der Waals surface area contributed by atoms with E-state index in [-0.39, 0.29) is 10.8 Å². The van der Waals surface area contributed by atoms with Crippen molar-refractivity contribution in [2.45, 2.75) is 77.6 Å². The summed E-state index contributed by atoms with van der Waals surface area (Å²) in [5.41, 5.74) is 16.0. The molecule has 0 nitrogen and oxygen atoms in total. The minimum Gasteiger partial charge on any atom is -0.0622 e. The Morgan fingerprint density at radius 3 is 1.52 bits per heavy atom. The summed E-state index contributed by atoms with van der Waals surface area (Å²) >= 11 is 0. The Kier molecular flexibility index (Phi) is 7.44. The van der Waals surface area contributed by atoms with Crippen molar-refractivity contribution in [3.8, 4) is 11.1 Å². The van der Waals surface area contributed by atoms with Gasteiger partial charge in [-0.05, 0) is 85.7 Å². The van der Waals surface area contributed by atoms with Crippen LogP contribution < -0.4 is 0 Å². The highest BCUT2D eigenvalue weighted by Crippen LogP contribution is 2.50. The van der Waals surface area contributed by atoms with Crippen LogP contribution in [0.5, 0.6) is 0 Å². The lowest BCUT2D eigenvalue weighted by Gasteiger charge is -2.22. The van der Waals surface area contributed by atoms with Crippen LogP contribution in [0, 0.1) is 0 Å². The van der Waals surface area contributed by atoms with E-state index in [0.717, 1.165) is 19.3 Å². The maximum Gasteiger partial charge on any atom is 0.0142 e. The maximum atomic E-state index is 2.48. The van der Waals surface area contributed by atoms with Gasteiger partial charge in [0, 0.05) is 5.92 Å². The monoisotopic (exact) mass is 548 g/mol. The van der Waals surface area contributed by atoms with E-state index >= 15 is 0 Å². The van der Waals surface area contributed by atoms with Crippen molar-refractivity contribution in [1.82, 2.24) is 0 Å². The van der Waals surface area contributed by atoms with Gasteiger partial charge < -0.3 is 0 Å². The summed E-state index contributed by atoms with van der Waals surface area (Å²) in [6, 6.07) is 36.5. The number of rotatable bonds is 6. The first kappa shape index (κ1) is 28.2. The predicted molar refractivity (Wildman–Crippen MR) is 180 cm³/mol. The van der Waals surface area contributed by atoms with Crippen molar-refractivity contribution >= 4 is 0 Å². The van der Waals surface area contributed by atoms with Crippen LogP contribution in [0.15, 0.2) is 132 Å². The highest BCUT2D eigenvalue weighted by molar-refractivity contribution is 5.81. The van der Waals surface area contributed by atoms with Gasteiger partial charge in [-0.1, -0.05) is 162 Å². The second-order valence-electron chi connectivity index (χ2n) is 14.3. The quantitative estimate of drug-likeness (QED) is 0.225. The maximum absolute atomic E-state index is 2.48. The van der Waals surface area contributed by atoms with Gasteiger partial charge in [-0.15, -0.1) is 0 Å². The first-order valence-corrected chi connectivity index (χ1v) is 15.5. The van der Waals surface area contributed by atoms with Crippen LogP contribution >= 0.6 is 0 Å². The van der Waals surface area contributed by atoms with Crippen molar-refractivity contribution in [3.63, 3.8) is 0 Å². The molecule has 0 bridgehead atoms. The lowest BCUT2D eigenvalue weighted by molar-refractivity contribution is 0.589. The molecule has 0 amide bonds. The fourth-order valence-electron chi connectivity index (χ4n) is 6.64. The summed E-state index contributed by atoms with van der Waals surface area (Å²) in [4.78, 5) is 0. The van der Waals surface area contributed by atoms with Gasteiger partial charge >= 0.3 is 0 Å². The zero-order valence-corrected chi connectivity index (χ0v) is 26.2. The molecule has 0 aromatic heterocycles. The molecule has 0 saturated heterocycles. The van der Waals surface area contributed by atoms with Crippen LogP contribution in [0.25, 0.3) is 11.1 Å². The Morgan fingerprint density at radius 1 is 0.595 bits per heavy atom. The Bertz CT molecular complexity index is 1570. The first-order chi connectivity index (χ1) is 20.1. The minimum atomic E-state index is 0.118. The van der Waals surface area contributed by atoms with Gasteiger partial charge in [-0.2, -0.15) is 0 Å². The van der Waals surface area contributed by atoms with Crippen LogP contribution in [0.2, 0.25) is 0 Å². The number of hydrogen-bond acceptors (Lipinski definition) is 0. The third-order valence-electron chi connectivity index (χ3n) is 9.11. The molecule has 0 fully saturated rings. The lowest BCUT2D eigenvalue weighted by Crippen LogP contribution is -2.11. The summed E-state index contributed by atoms with van der Waals surface area (Å²) in [5, 5.41) is 0. The van der Waals surface area contributed by atoms with Crippen molar-refractivity contribution in [1.29, 1.82) is 0 Å². The second-order valence-corrected chi connectivity index (χ2v) is 14.3. The molecule has 0 saturated carbocycles. The van der Waals surface area contributed by atoms with Gasteiger partial charge in [-0.3, -0.25) is 0 Å². The average molecular weight is 549 g/mol. The zero-order chi connectivity index (χ0) is 29.5. The highest BCUT2D eigenvalue weighted by atomic mass is 14.4. The van der Waals surface area contributed by atoms with E-state index in [9.17, 15) is 0 Å². The first-order valence-electron chi connectivity index (χ1n) is 15.5. The lowest BCUT2D eigenvalue weighted by atomic mass is 9.82. The molecule has 0 atom stereocenters. The number of fused-ring (bicyclic) bond motifs is 3. The summed E-state index contributed by atoms with van der Waals surface area (Å²) in [7, 11) is 0. The third-order valence-corrected chi connectivity index (χ3v) is 9.11. The Hall–Kier alpha value is -3.90. The molecule has 212 valence electrons. The molecule has 2 aliphatic rings. The number of allylic oxidation sites excluding steroid dienone is 6. The van der Waals surface area contributed by atoms with E-state index in [1.807, 2.05) is 0 Å². The highest BCUT2D eigenvalue weighted by Gasteiger charge is 2.32. The largest absolute Gasteiger partial charge is 0.0622 e. The SMILES string of the molecule is CC(C)(C)c1ccc2c(c1)-c1cc(C(C)(C)C)ccc1C2CC1=CC=CC1=C(Cc1ccccc1)Cc1ccccc1. The van der Waals surface area contributed by atoms with Gasteiger partial charge in [-0.25, -0.2) is 0 Å². The number of benzene rings is 4. The molecule has 0 heteroatoms. The van der Waals surface area contributed by atoms with Crippen LogP contribution in [0.3, 0.4) is 0 Å². The van der Waals surface area contributed by atoms with Crippen LogP contribution in [-0.2, 0) is 23.7 Å². The van der Waals surface area contributed by atoms with Crippen molar-refractivity contribution in [3.05, 3.63) is 165 Å². The second kappa shape index (κ2) is 11.1. The van der Waals surface area contributed by atoms with Gasteiger partial charge in [0.25, 0.3) is 0 Å². The molecule has 0 radical (unpaired) electrons. The number of hydrogen-bond donors (Lipinski definition) is 0. The molecule has 6 rings (SSSR count). The molecule has 4 aromatic rings. The Labute approximate surface area is 253 Å². The van der Waals surface area contributed by atoms with E-state index in [4.69, 9.17) is 0 Å². The van der Waals surface area contributed by atoms with Crippen LogP contribution in [-0.4, -0.2) is 0 Å². The fraction of sp³-hybridized carbons (Fsp3) is 0.286. The van der Waals surface area contributed by atoms with Gasteiger partial charge in [0.2, 0.25) is 0 Å². The molecule has 0 spiro atoms. The van der Waals surface area contributed by atoms with E-state index in [1.165, 1.54) is 61.2 Å². The van der Waals surface area contributed by atoms with E-state index < -0.39 is 0 Å². The molecular formula is C42H44. The summed E-state index contributed by atoms with van der Waals surface area (Å²) in [6.45, 7) is 13.9. The molecule has 0 heterocycles. The van der Waals surface area contributed by atoms with E-state index in [2.05, 4.69) is 157 Å². The van der Waals surface area contributed by atoms with Gasteiger partial charge in [0.15, 0.2) is 0 Å². The van der Waals surface area contributed by atoms with Crippen molar-refractivity contribution in [2.75, 3.05) is 0 Å². The Balaban J connectivity index is 1.42. The normalized spacial score (nSPS) is 14.6. The minimum absolute atomic E-state index is 0.118. The van der Waals surface area contributed by atoms with E-state index in [0.29, 0.717) is 5.92 Å². The van der Waals surface area contributed by atoms with E-state index in [1.54, 1.807) is 0 Å². The summed E-state index contributed by atoms with van der Waals surface area (Å²) < 4.78 is 0. The molecule has 4 aromatic carbocycles. The molecule has 2 aliphatic carbocycles. The standard InChI is InChI=1S/C42H44/c1-41(2,3)33-20-22-36-38(37-23-21-34(42(4,5)6)28-40(37)39(36)27-33)26-31-18-13-19-35(31)32(24-29-14-9-7-10-15-29)25-30-16-11-8-12-17-30/h7-23,27-28,38H,24-26H2,1-6H3. The molecule has 0 aliphatic heterocycles. The van der Waals surface area contributed by atoms with Gasteiger partial charge in [0.1, 0.15) is 0 Å². The molecule has 0 unspecified atom stereocenters. The predicted octanol–water partition coefficient (Wildman–Crippen LogP) is 11.1.